The number of carbonyl (C=O) groups is 1. The summed E-state index contributed by atoms with van der Waals surface area (Å²) in [6, 6.07) is 13.3. The quantitative estimate of drug-likeness (QED) is 0.535. The van der Waals surface area contributed by atoms with Gasteiger partial charge in [0.1, 0.15) is 5.03 Å². The van der Waals surface area contributed by atoms with Crippen LogP contribution in [0.15, 0.2) is 75.4 Å². The van der Waals surface area contributed by atoms with Gasteiger partial charge in [-0.2, -0.15) is 0 Å². The number of nitrogens with one attached hydrogen (secondary N) is 1. The van der Waals surface area contributed by atoms with Crippen molar-refractivity contribution < 1.29 is 4.79 Å². The van der Waals surface area contributed by atoms with Crippen LogP contribution in [-0.4, -0.2) is 65.0 Å². The third kappa shape index (κ3) is 6.03. The van der Waals surface area contributed by atoms with Gasteiger partial charge >= 0.3 is 0 Å². The van der Waals surface area contributed by atoms with E-state index in [0.29, 0.717) is 12.1 Å². The normalized spacial score (nSPS) is 14.4. The molecule has 1 fully saturated rings. The second kappa shape index (κ2) is 10.7. The summed E-state index contributed by atoms with van der Waals surface area (Å²) < 4.78 is 0.931. The van der Waals surface area contributed by atoms with Crippen LogP contribution in [0, 0.1) is 0 Å². The molecule has 1 saturated heterocycles. The van der Waals surface area contributed by atoms with Gasteiger partial charge in [0, 0.05) is 67.2 Å². The number of rotatable bonds is 7. The average molecular weight is 499 g/mol. The van der Waals surface area contributed by atoms with Crippen LogP contribution < -0.4 is 10.2 Å². The van der Waals surface area contributed by atoms with Gasteiger partial charge < -0.3 is 10.2 Å². The highest BCUT2D eigenvalue weighted by molar-refractivity contribution is 9.10. The minimum absolute atomic E-state index is 0.0588. The first-order chi connectivity index (χ1) is 15.2. The summed E-state index contributed by atoms with van der Waals surface area (Å²) in [5, 5.41) is 3.91. The number of piperazine rings is 1. The zero-order valence-corrected chi connectivity index (χ0v) is 19.3. The summed E-state index contributed by atoms with van der Waals surface area (Å²) in [4.78, 5) is 31.3. The van der Waals surface area contributed by atoms with Crippen molar-refractivity contribution in [3.63, 3.8) is 0 Å². The second-order valence-electron chi connectivity index (χ2n) is 7.05. The minimum Gasteiger partial charge on any atom is -0.351 e. The number of nitrogens with zero attached hydrogens (tertiary/aromatic N) is 5. The van der Waals surface area contributed by atoms with Gasteiger partial charge in [-0.3, -0.25) is 9.69 Å². The summed E-state index contributed by atoms with van der Waals surface area (Å²) in [6.07, 6.45) is 5.30. The fraction of sp³-hybridized carbons (Fsp3) is 0.273. The van der Waals surface area contributed by atoms with Gasteiger partial charge in [-0.25, -0.2) is 15.0 Å². The van der Waals surface area contributed by atoms with Crippen molar-refractivity contribution in [2.75, 3.05) is 44.2 Å². The van der Waals surface area contributed by atoms with E-state index in [-0.39, 0.29) is 5.91 Å². The molecule has 9 heteroatoms. The summed E-state index contributed by atoms with van der Waals surface area (Å²) in [5.41, 5.74) is 0.670. The molecule has 0 spiro atoms. The Morgan fingerprint density at radius 1 is 1.00 bits per heavy atom. The maximum Gasteiger partial charge on any atom is 0.252 e. The van der Waals surface area contributed by atoms with Crippen LogP contribution in [0.4, 0.5) is 5.95 Å². The van der Waals surface area contributed by atoms with Crippen molar-refractivity contribution in [1.82, 2.24) is 25.2 Å². The molecule has 1 aromatic carbocycles. The predicted molar refractivity (Wildman–Crippen MR) is 126 cm³/mol. The number of pyridine rings is 1. The standard InChI is InChI=1S/C22H23BrN6OS/c23-17-6-7-20(27-16-17)31-19-5-2-1-4-18(19)21(30)24-10-11-28-12-14-29(15-13-28)22-25-8-3-9-26-22/h1-9,16H,10-15H2,(H,24,30). The first kappa shape index (κ1) is 21.7. The van der Waals surface area contributed by atoms with Crippen molar-refractivity contribution in [1.29, 1.82) is 0 Å². The van der Waals surface area contributed by atoms with E-state index in [1.165, 1.54) is 11.8 Å². The zero-order valence-electron chi connectivity index (χ0n) is 16.9. The first-order valence-electron chi connectivity index (χ1n) is 10.1. The van der Waals surface area contributed by atoms with Crippen LogP contribution in [0.3, 0.4) is 0 Å². The number of carbonyl (C=O) groups excluding carboxylic acids is 1. The van der Waals surface area contributed by atoms with Gasteiger partial charge in [0.25, 0.3) is 5.91 Å². The van der Waals surface area contributed by atoms with Crippen molar-refractivity contribution in [3.05, 3.63) is 71.1 Å². The number of benzene rings is 1. The van der Waals surface area contributed by atoms with Gasteiger partial charge in [0.15, 0.2) is 0 Å². The molecule has 0 bridgehead atoms. The van der Waals surface area contributed by atoms with Crippen LogP contribution >= 0.6 is 27.7 Å². The highest BCUT2D eigenvalue weighted by Crippen LogP contribution is 2.29. The number of aromatic nitrogens is 3. The van der Waals surface area contributed by atoms with E-state index in [0.717, 1.165) is 53.1 Å². The molecule has 160 valence electrons. The van der Waals surface area contributed by atoms with E-state index in [1.807, 2.05) is 42.5 Å². The van der Waals surface area contributed by atoms with Crippen LogP contribution in [0.1, 0.15) is 10.4 Å². The van der Waals surface area contributed by atoms with E-state index in [2.05, 4.69) is 46.0 Å². The highest BCUT2D eigenvalue weighted by Gasteiger charge is 2.19. The Labute approximate surface area is 194 Å². The number of amides is 1. The Bertz CT molecular complexity index is 996. The van der Waals surface area contributed by atoms with Gasteiger partial charge in [-0.15, -0.1) is 0 Å². The molecule has 2 aromatic heterocycles. The van der Waals surface area contributed by atoms with E-state index < -0.39 is 0 Å². The lowest BCUT2D eigenvalue weighted by Gasteiger charge is -2.34. The maximum atomic E-state index is 12.8. The lowest BCUT2D eigenvalue weighted by atomic mass is 10.2. The van der Waals surface area contributed by atoms with Crippen molar-refractivity contribution >= 4 is 39.5 Å². The third-order valence-electron chi connectivity index (χ3n) is 4.97. The summed E-state index contributed by atoms with van der Waals surface area (Å²) in [6.45, 7) is 5.05. The lowest BCUT2D eigenvalue weighted by Crippen LogP contribution is -2.49. The number of hydrogen-bond acceptors (Lipinski definition) is 7. The predicted octanol–water partition coefficient (Wildman–Crippen LogP) is 3.34. The molecular weight excluding hydrogens is 476 g/mol. The van der Waals surface area contributed by atoms with E-state index >= 15 is 0 Å². The number of anilines is 1. The Morgan fingerprint density at radius 2 is 1.77 bits per heavy atom. The van der Waals surface area contributed by atoms with Crippen LogP contribution in [-0.2, 0) is 0 Å². The lowest BCUT2D eigenvalue weighted by molar-refractivity contribution is 0.0945. The highest BCUT2D eigenvalue weighted by atomic mass is 79.9. The Kier molecular flexibility index (Phi) is 7.50. The molecule has 0 saturated carbocycles. The van der Waals surface area contributed by atoms with E-state index in [4.69, 9.17) is 0 Å². The number of hydrogen-bond donors (Lipinski definition) is 1. The summed E-state index contributed by atoms with van der Waals surface area (Å²) in [7, 11) is 0. The molecule has 0 radical (unpaired) electrons. The molecule has 1 amide bonds. The Hall–Kier alpha value is -2.49. The largest absolute Gasteiger partial charge is 0.351 e. The molecule has 1 aliphatic heterocycles. The molecule has 3 heterocycles. The molecule has 3 aromatic rings. The fourth-order valence-electron chi connectivity index (χ4n) is 3.33. The summed E-state index contributed by atoms with van der Waals surface area (Å²) >= 11 is 4.89. The molecule has 0 atom stereocenters. The first-order valence-corrected chi connectivity index (χ1v) is 11.7. The topological polar surface area (TPSA) is 74.2 Å². The fourth-order valence-corrected chi connectivity index (χ4v) is 4.45. The van der Waals surface area contributed by atoms with Crippen molar-refractivity contribution in [3.8, 4) is 0 Å². The van der Waals surface area contributed by atoms with E-state index in [9.17, 15) is 4.79 Å². The summed E-state index contributed by atoms with van der Waals surface area (Å²) in [5.74, 6) is 0.723. The van der Waals surface area contributed by atoms with Crippen LogP contribution in [0.25, 0.3) is 0 Å². The zero-order chi connectivity index (χ0) is 21.5. The van der Waals surface area contributed by atoms with Crippen LogP contribution in [0.2, 0.25) is 0 Å². The van der Waals surface area contributed by atoms with Crippen molar-refractivity contribution in [2.24, 2.45) is 0 Å². The maximum absolute atomic E-state index is 12.8. The minimum atomic E-state index is -0.0588. The van der Waals surface area contributed by atoms with Gasteiger partial charge in [0.05, 0.1) is 5.56 Å². The molecule has 0 unspecified atom stereocenters. The molecule has 4 rings (SSSR count). The number of halogens is 1. The monoisotopic (exact) mass is 498 g/mol. The molecule has 0 aliphatic carbocycles. The Balaban J connectivity index is 1.26. The Morgan fingerprint density at radius 3 is 2.52 bits per heavy atom. The van der Waals surface area contributed by atoms with Gasteiger partial charge in [-0.1, -0.05) is 23.9 Å². The molecule has 31 heavy (non-hydrogen) atoms. The molecule has 7 nitrogen and oxygen atoms in total. The average Bonchev–Trinajstić information content (AvgIpc) is 2.82. The smallest absolute Gasteiger partial charge is 0.252 e. The van der Waals surface area contributed by atoms with Gasteiger partial charge in [0.2, 0.25) is 5.95 Å². The molecular formula is C22H23BrN6OS. The van der Waals surface area contributed by atoms with E-state index in [1.54, 1.807) is 18.6 Å². The van der Waals surface area contributed by atoms with Crippen LogP contribution in [0.5, 0.6) is 0 Å². The SMILES string of the molecule is O=C(NCCN1CCN(c2ncccn2)CC1)c1ccccc1Sc1ccc(Br)cn1. The second-order valence-corrected chi connectivity index (χ2v) is 9.02. The van der Waals surface area contributed by atoms with Crippen molar-refractivity contribution in [2.45, 2.75) is 9.92 Å². The molecule has 1 N–H and O–H groups in total. The van der Waals surface area contributed by atoms with Gasteiger partial charge in [-0.05, 0) is 46.3 Å². The molecule has 1 aliphatic rings. The third-order valence-corrected chi connectivity index (χ3v) is 6.46.